The highest BCUT2D eigenvalue weighted by molar-refractivity contribution is 7.16. The third kappa shape index (κ3) is 3.10. The first-order valence-corrected chi connectivity index (χ1v) is 7.85. The Bertz CT molecular complexity index is 645. The van der Waals surface area contributed by atoms with E-state index in [9.17, 15) is 9.59 Å². The maximum absolute atomic E-state index is 12.3. The molecule has 4 nitrogen and oxygen atoms in total. The van der Waals surface area contributed by atoms with Crippen molar-refractivity contribution in [3.05, 3.63) is 33.9 Å². The standard InChI is InChI=1S/C15H20N2O2S/c1-3-5-10-16(4-2)14(18)11-17-12-8-6-7-9-13(12)20-15(17)19/h6-9H,3-5,10-11H2,1-2H3. The summed E-state index contributed by atoms with van der Waals surface area (Å²) in [4.78, 5) is 26.1. The first-order chi connectivity index (χ1) is 9.67. The molecular formula is C15H20N2O2S. The zero-order valence-corrected chi connectivity index (χ0v) is 12.8. The maximum atomic E-state index is 12.3. The average Bonchev–Trinajstić information content (AvgIpc) is 2.76. The molecule has 1 aromatic heterocycles. The minimum absolute atomic E-state index is 0.0200. The number of thiazole rings is 1. The molecule has 0 radical (unpaired) electrons. The van der Waals surface area contributed by atoms with E-state index in [0.29, 0.717) is 6.54 Å². The van der Waals surface area contributed by atoms with E-state index in [-0.39, 0.29) is 17.3 Å². The largest absolute Gasteiger partial charge is 0.341 e. The lowest BCUT2D eigenvalue weighted by molar-refractivity contribution is -0.131. The number of aromatic nitrogens is 1. The molecular weight excluding hydrogens is 272 g/mol. The molecule has 2 rings (SSSR count). The van der Waals surface area contributed by atoms with Crippen molar-refractivity contribution in [3.8, 4) is 0 Å². The number of para-hydroxylation sites is 1. The van der Waals surface area contributed by atoms with Gasteiger partial charge in [0, 0.05) is 13.1 Å². The van der Waals surface area contributed by atoms with Crippen molar-refractivity contribution >= 4 is 27.5 Å². The van der Waals surface area contributed by atoms with Crippen LogP contribution in [0.3, 0.4) is 0 Å². The monoisotopic (exact) mass is 292 g/mol. The number of amides is 1. The van der Waals surface area contributed by atoms with Gasteiger partial charge in [0.05, 0.1) is 10.2 Å². The van der Waals surface area contributed by atoms with Crippen molar-refractivity contribution in [1.82, 2.24) is 9.47 Å². The number of unbranched alkanes of at least 4 members (excludes halogenated alkanes) is 1. The summed E-state index contributed by atoms with van der Waals surface area (Å²) >= 11 is 1.19. The molecule has 2 aromatic rings. The van der Waals surface area contributed by atoms with Crippen LogP contribution in [0.1, 0.15) is 26.7 Å². The van der Waals surface area contributed by atoms with Crippen LogP contribution < -0.4 is 4.87 Å². The Balaban J connectivity index is 2.21. The number of benzene rings is 1. The fourth-order valence-electron chi connectivity index (χ4n) is 2.21. The Hall–Kier alpha value is -1.62. The van der Waals surface area contributed by atoms with Crippen molar-refractivity contribution in [2.24, 2.45) is 0 Å². The fourth-order valence-corrected chi connectivity index (χ4v) is 3.10. The third-order valence-corrected chi connectivity index (χ3v) is 4.34. The van der Waals surface area contributed by atoms with Crippen LogP contribution in [-0.4, -0.2) is 28.5 Å². The van der Waals surface area contributed by atoms with E-state index in [4.69, 9.17) is 0 Å². The molecule has 0 aliphatic carbocycles. The zero-order chi connectivity index (χ0) is 14.5. The minimum atomic E-state index is -0.0638. The minimum Gasteiger partial charge on any atom is -0.341 e. The van der Waals surface area contributed by atoms with Crippen LogP contribution in [0.2, 0.25) is 0 Å². The van der Waals surface area contributed by atoms with E-state index in [0.717, 1.165) is 29.6 Å². The summed E-state index contributed by atoms with van der Waals surface area (Å²) in [6.07, 6.45) is 2.06. The summed E-state index contributed by atoms with van der Waals surface area (Å²) in [5, 5.41) is 0. The van der Waals surface area contributed by atoms with Gasteiger partial charge in [-0.15, -0.1) is 0 Å². The molecule has 0 atom stereocenters. The van der Waals surface area contributed by atoms with Gasteiger partial charge in [-0.2, -0.15) is 0 Å². The van der Waals surface area contributed by atoms with Gasteiger partial charge < -0.3 is 4.90 Å². The first-order valence-electron chi connectivity index (χ1n) is 7.03. The second kappa shape index (κ2) is 6.70. The summed E-state index contributed by atoms with van der Waals surface area (Å²) in [6, 6.07) is 7.61. The highest BCUT2D eigenvalue weighted by Crippen LogP contribution is 2.16. The predicted octanol–water partition coefficient (Wildman–Crippen LogP) is 2.71. The van der Waals surface area contributed by atoms with Gasteiger partial charge in [0.25, 0.3) is 0 Å². The summed E-state index contributed by atoms with van der Waals surface area (Å²) < 4.78 is 2.51. The van der Waals surface area contributed by atoms with Gasteiger partial charge in [-0.1, -0.05) is 36.8 Å². The number of rotatable bonds is 6. The van der Waals surface area contributed by atoms with Crippen LogP contribution in [0.4, 0.5) is 0 Å². The van der Waals surface area contributed by atoms with Crippen molar-refractivity contribution in [2.45, 2.75) is 33.2 Å². The molecule has 108 valence electrons. The molecule has 0 N–H and O–H groups in total. The molecule has 5 heteroatoms. The summed E-state index contributed by atoms with van der Waals surface area (Å²) in [6.45, 7) is 5.68. The molecule has 0 saturated heterocycles. The van der Waals surface area contributed by atoms with Crippen molar-refractivity contribution in [3.63, 3.8) is 0 Å². The van der Waals surface area contributed by atoms with Crippen LogP contribution >= 0.6 is 11.3 Å². The van der Waals surface area contributed by atoms with Crippen LogP contribution in [0.25, 0.3) is 10.2 Å². The summed E-state index contributed by atoms with van der Waals surface area (Å²) in [7, 11) is 0. The lowest BCUT2D eigenvalue weighted by Crippen LogP contribution is -2.36. The maximum Gasteiger partial charge on any atom is 0.308 e. The van der Waals surface area contributed by atoms with Crippen molar-refractivity contribution in [2.75, 3.05) is 13.1 Å². The highest BCUT2D eigenvalue weighted by atomic mass is 32.1. The van der Waals surface area contributed by atoms with E-state index in [1.54, 1.807) is 4.57 Å². The number of nitrogens with zero attached hydrogens (tertiary/aromatic N) is 2. The molecule has 20 heavy (non-hydrogen) atoms. The Labute approximate surface area is 122 Å². The molecule has 1 aromatic carbocycles. The van der Waals surface area contributed by atoms with Crippen LogP contribution in [0, 0.1) is 0 Å². The molecule has 1 amide bonds. The lowest BCUT2D eigenvalue weighted by Gasteiger charge is -2.20. The number of fused-ring (bicyclic) bond motifs is 1. The van der Waals surface area contributed by atoms with Gasteiger partial charge in [-0.3, -0.25) is 14.2 Å². The van der Waals surface area contributed by atoms with Crippen LogP contribution in [0.15, 0.2) is 29.1 Å². The molecule has 0 spiro atoms. The van der Waals surface area contributed by atoms with Gasteiger partial charge >= 0.3 is 4.87 Å². The Morgan fingerprint density at radius 3 is 2.75 bits per heavy atom. The van der Waals surface area contributed by atoms with Gasteiger partial charge in [0.1, 0.15) is 6.54 Å². The Morgan fingerprint density at radius 1 is 1.30 bits per heavy atom. The van der Waals surface area contributed by atoms with Crippen molar-refractivity contribution in [1.29, 1.82) is 0 Å². The molecule has 0 unspecified atom stereocenters. The van der Waals surface area contributed by atoms with Gasteiger partial charge in [-0.25, -0.2) is 0 Å². The van der Waals surface area contributed by atoms with E-state index in [1.165, 1.54) is 11.3 Å². The van der Waals surface area contributed by atoms with Gasteiger partial charge in [0.2, 0.25) is 5.91 Å². The average molecular weight is 292 g/mol. The second-order valence-corrected chi connectivity index (χ2v) is 5.74. The predicted molar refractivity (Wildman–Crippen MR) is 83.2 cm³/mol. The quantitative estimate of drug-likeness (QED) is 0.821. The van der Waals surface area contributed by atoms with E-state index >= 15 is 0 Å². The lowest BCUT2D eigenvalue weighted by atomic mass is 10.3. The zero-order valence-electron chi connectivity index (χ0n) is 12.0. The SMILES string of the molecule is CCCCN(CC)C(=O)Cn1c(=O)sc2ccccc21. The van der Waals surface area contributed by atoms with Crippen molar-refractivity contribution < 1.29 is 4.79 Å². The molecule has 0 aliphatic rings. The van der Waals surface area contributed by atoms with Crippen LogP contribution in [0.5, 0.6) is 0 Å². The molecule has 0 aliphatic heterocycles. The van der Waals surface area contributed by atoms with E-state index in [1.807, 2.05) is 36.1 Å². The molecule has 1 heterocycles. The van der Waals surface area contributed by atoms with Gasteiger partial charge in [-0.05, 0) is 25.5 Å². The normalized spacial score (nSPS) is 10.9. The smallest absolute Gasteiger partial charge is 0.308 e. The van der Waals surface area contributed by atoms with Crippen LogP contribution in [-0.2, 0) is 11.3 Å². The Morgan fingerprint density at radius 2 is 2.05 bits per heavy atom. The van der Waals surface area contributed by atoms with E-state index < -0.39 is 0 Å². The fraction of sp³-hybridized carbons (Fsp3) is 0.467. The number of hydrogen-bond acceptors (Lipinski definition) is 3. The second-order valence-electron chi connectivity index (χ2n) is 4.75. The summed E-state index contributed by atoms with van der Waals surface area (Å²) in [5.41, 5.74) is 0.849. The molecule has 0 bridgehead atoms. The molecule has 0 fully saturated rings. The molecule has 0 saturated carbocycles. The highest BCUT2D eigenvalue weighted by Gasteiger charge is 2.15. The third-order valence-electron chi connectivity index (χ3n) is 3.38. The summed E-state index contributed by atoms with van der Waals surface area (Å²) in [5.74, 6) is 0.0200. The Kier molecular flexibility index (Phi) is 4.95. The van der Waals surface area contributed by atoms with E-state index in [2.05, 4.69) is 6.92 Å². The number of likely N-dealkylation sites (N-methyl/N-ethyl adjacent to an activating group) is 1. The number of hydrogen-bond donors (Lipinski definition) is 0. The van der Waals surface area contributed by atoms with Gasteiger partial charge in [0.15, 0.2) is 0 Å². The number of carbonyl (C=O) groups is 1. The number of carbonyl (C=O) groups excluding carboxylic acids is 1. The topological polar surface area (TPSA) is 42.3 Å². The first kappa shape index (κ1) is 14.8.